The van der Waals surface area contributed by atoms with E-state index in [0.717, 1.165) is 19.5 Å². The molecule has 2 aromatic rings. The molecule has 22 heavy (non-hydrogen) atoms. The monoisotopic (exact) mass is 316 g/mol. The van der Waals surface area contributed by atoms with E-state index >= 15 is 0 Å². The third kappa shape index (κ3) is 5.28. The Balaban J connectivity index is 1.73. The molecular weight excluding hydrogens is 292 g/mol. The van der Waals surface area contributed by atoms with Crippen molar-refractivity contribution in [2.45, 2.75) is 26.8 Å². The van der Waals surface area contributed by atoms with Crippen molar-refractivity contribution in [3.05, 3.63) is 57.8 Å². The van der Waals surface area contributed by atoms with Crippen LogP contribution in [0, 0.1) is 6.92 Å². The van der Waals surface area contributed by atoms with Crippen molar-refractivity contribution >= 4 is 17.2 Å². The van der Waals surface area contributed by atoms with Gasteiger partial charge in [0.05, 0.1) is 6.54 Å². The number of carbonyl (C=O) groups is 1. The van der Waals surface area contributed by atoms with Gasteiger partial charge in [0.2, 0.25) is 5.91 Å². The summed E-state index contributed by atoms with van der Waals surface area (Å²) in [6.07, 6.45) is 0.884. The lowest BCUT2D eigenvalue weighted by molar-refractivity contribution is -0.122. The average molecular weight is 316 g/mol. The van der Waals surface area contributed by atoms with Crippen molar-refractivity contribution in [2.24, 2.45) is 0 Å². The van der Waals surface area contributed by atoms with E-state index in [-0.39, 0.29) is 5.91 Å². The van der Waals surface area contributed by atoms with Gasteiger partial charge in [0, 0.05) is 18.0 Å². The number of hydrogen-bond acceptors (Lipinski definition) is 3. The first-order valence-electron chi connectivity index (χ1n) is 7.75. The lowest BCUT2D eigenvalue weighted by Gasteiger charge is -2.19. The summed E-state index contributed by atoms with van der Waals surface area (Å²) < 4.78 is 0. The standard InChI is InChI=1S/C18H24N2OS/c1-3-20(13-17-9-6-12-22-17)14-18(21)19-11-10-16-8-5-4-7-15(16)2/h4-9,12H,3,10-11,13-14H2,1-2H3,(H,19,21). The van der Waals surface area contributed by atoms with Crippen molar-refractivity contribution < 1.29 is 4.79 Å². The number of aryl methyl sites for hydroxylation is 1. The second-order valence-corrected chi connectivity index (χ2v) is 6.44. The van der Waals surface area contributed by atoms with Crippen LogP contribution in [-0.4, -0.2) is 30.4 Å². The van der Waals surface area contributed by atoms with Crippen molar-refractivity contribution in [3.8, 4) is 0 Å². The van der Waals surface area contributed by atoms with Crippen LogP contribution in [0.3, 0.4) is 0 Å². The van der Waals surface area contributed by atoms with Crippen LogP contribution in [0.1, 0.15) is 22.9 Å². The van der Waals surface area contributed by atoms with Gasteiger partial charge >= 0.3 is 0 Å². The average Bonchev–Trinajstić information content (AvgIpc) is 3.01. The zero-order valence-electron chi connectivity index (χ0n) is 13.3. The Morgan fingerprint density at radius 2 is 2.05 bits per heavy atom. The van der Waals surface area contributed by atoms with Gasteiger partial charge < -0.3 is 5.32 Å². The Labute approximate surface area is 137 Å². The Morgan fingerprint density at radius 3 is 2.73 bits per heavy atom. The molecule has 0 saturated heterocycles. The van der Waals surface area contributed by atoms with Gasteiger partial charge in [-0.15, -0.1) is 11.3 Å². The van der Waals surface area contributed by atoms with Gasteiger partial charge in [-0.05, 0) is 42.5 Å². The van der Waals surface area contributed by atoms with Gasteiger partial charge in [-0.2, -0.15) is 0 Å². The molecule has 1 aromatic carbocycles. The molecule has 118 valence electrons. The Morgan fingerprint density at radius 1 is 1.23 bits per heavy atom. The minimum Gasteiger partial charge on any atom is -0.355 e. The fraction of sp³-hybridized carbons (Fsp3) is 0.389. The fourth-order valence-corrected chi connectivity index (χ4v) is 3.13. The third-order valence-electron chi connectivity index (χ3n) is 3.75. The van der Waals surface area contributed by atoms with Crippen LogP contribution in [0.5, 0.6) is 0 Å². The van der Waals surface area contributed by atoms with Crippen molar-refractivity contribution in [3.63, 3.8) is 0 Å². The summed E-state index contributed by atoms with van der Waals surface area (Å²) in [5, 5.41) is 5.10. The van der Waals surface area contributed by atoms with Crippen LogP contribution in [0.15, 0.2) is 41.8 Å². The van der Waals surface area contributed by atoms with E-state index in [2.05, 4.69) is 53.7 Å². The molecule has 0 aliphatic heterocycles. The van der Waals surface area contributed by atoms with E-state index in [1.165, 1.54) is 16.0 Å². The molecule has 0 saturated carbocycles. The van der Waals surface area contributed by atoms with E-state index < -0.39 is 0 Å². The third-order valence-corrected chi connectivity index (χ3v) is 4.61. The quantitative estimate of drug-likeness (QED) is 0.811. The van der Waals surface area contributed by atoms with E-state index in [4.69, 9.17) is 0 Å². The number of benzene rings is 1. The number of thiophene rings is 1. The Bertz CT molecular complexity index is 581. The molecular formula is C18H24N2OS. The first kappa shape index (κ1) is 16.7. The number of amides is 1. The molecule has 1 N–H and O–H groups in total. The lowest BCUT2D eigenvalue weighted by atomic mass is 10.1. The molecule has 0 aliphatic rings. The fourth-order valence-electron chi connectivity index (χ4n) is 2.39. The molecule has 1 amide bonds. The zero-order valence-corrected chi connectivity index (χ0v) is 14.2. The van der Waals surface area contributed by atoms with Crippen molar-refractivity contribution in [1.29, 1.82) is 0 Å². The highest BCUT2D eigenvalue weighted by atomic mass is 32.1. The van der Waals surface area contributed by atoms with Crippen molar-refractivity contribution in [1.82, 2.24) is 10.2 Å². The van der Waals surface area contributed by atoms with Crippen LogP contribution < -0.4 is 5.32 Å². The molecule has 1 heterocycles. The molecule has 0 aliphatic carbocycles. The molecule has 4 heteroatoms. The Hall–Kier alpha value is -1.65. The normalized spacial score (nSPS) is 10.9. The molecule has 0 fully saturated rings. The van der Waals surface area contributed by atoms with E-state index in [1.54, 1.807) is 11.3 Å². The number of carbonyl (C=O) groups excluding carboxylic acids is 1. The van der Waals surface area contributed by atoms with Gasteiger partial charge in [0.15, 0.2) is 0 Å². The summed E-state index contributed by atoms with van der Waals surface area (Å²) in [6.45, 7) is 7.08. The predicted molar refractivity (Wildman–Crippen MR) is 93.2 cm³/mol. The molecule has 0 spiro atoms. The molecule has 2 rings (SSSR count). The summed E-state index contributed by atoms with van der Waals surface area (Å²) in [7, 11) is 0. The summed E-state index contributed by atoms with van der Waals surface area (Å²) in [5.74, 6) is 0.104. The molecule has 3 nitrogen and oxygen atoms in total. The van der Waals surface area contributed by atoms with Crippen LogP contribution in [0.4, 0.5) is 0 Å². The summed E-state index contributed by atoms with van der Waals surface area (Å²) in [5.41, 5.74) is 2.58. The van der Waals surface area contributed by atoms with Gasteiger partial charge in [0.25, 0.3) is 0 Å². The summed E-state index contributed by atoms with van der Waals surface area (Å²) in [6, 6.07) is 12.5. The number of nitrogens with zero attached hydrogens (tertiary/aromatic N) is 1. The maximum atomic E-state index is 12.1. The highest BCUT2D eigenvalue weighted by Gasteiger charge is 2.10. The van der Waals surface area contributed by atoms with E-state index in [9.17, 15) is 4.79 Å². The lowest BCUT2D eigenvalue weighted by Crippen LogP contribution is -2.37. The smallest absolute Gasteiger partial charge is 0.234 e. The second-order valence-electron chi connectivity index (χ2n) is 5.41. The number of hydrogen-bond donors (Lipinski definition) is 1. The molecule has 0 bridgehead atoms. The predicted octanol–water partition coefficient (Wildman–Crippen LogP) is 3.24. The highest BCUT2D eigenvalue weighted by Crippen LogP contribution is 2.11. The summed E-state index contributed by atoms with van der Waals surface area (Å²) >= 11 is 1.74. The number of rotatable bonds is 8. The molecule has 1 aromatic heterocycles. The minimum atomic E-state index is 0.104. The van der Waals surface area contributed by atoms with Crippen LogP contribution in [0.25, 0.3) is 0 Å². The Kier molecular flexibility index (Phi) is 6.62. The molecule has 0 atom stereocenters. The van der Waals surface area contributed by atoms with Crippen molar-refractivity contribution in [2.75, 3.05) is 19.6 Å². The number of likely N-dealkylation sites (N-methyl/N-ethyl adjacent to an activating group) is 1. The topological polar surface area (TPSA) is 32.3 Å². The first-order chi connectivity index (χ1) is 10.7. The van der Waals surface area contributed by atoms with Gasteiger partial charge in [-0.3, -0.25) is 9.69 Å². The maximum Gasteiger partial charge on any atom is 0.234 e. The van der Waals surface area contributed by atoms with Crippen LogP contribution in [-0.2, 0) is 17.8 Å². The minimum absolute atomic E-state index is 0.104. The summed E-state index contributed by atoms with van der Waals surface area (Å²) in [4.78, 5) is 15.5. The molecule has 0 unspecified atom stereocenters. The SMILES string of the molecule is CCN(CC(=O)NCCc1ccccc1C)Cc1cccs1. The largest absolute Gasteiger partial charge is 0.355 e. The van der Waals surface area contributed by atoms with Gasteiger partial charge in [0.1, 0.15) is 0 Å². The zero-order chi connectivity index (χ0) is 15.8. The molecule has 0 radical (unpaired) electrons. The van der Waals surface area contributed by atoms with Crippen LogP contribution >= 0.6 is 11.3 Å². The highest BCUT2D eigenvalue weighted by molar-refractivity contribution is 7.09. The van der Waals surface area contributed by atoms with Gasteiger partial charge in [-0.1, -0.05) is 37.3 Å². The van der Waals surface area contributed by atoms with Crippen LogP contribution in [0.2, 0.25) is 0 Å². The van der Waals surface area contributed by atoms with E-state index in [0.29, 0.717) is 13.1 Å². The van der Waals surface area contributed by atoms with Gasteiger partial charge in [-0.25, -0.2) is 0 Å². The maximum absolute atomic E-state index is 12.1. The second kappa shape index (κ2) is 8.71. The van der Waals surface area contributed by atoms with E-state index in [1.807, 2.05) is 12.1 Å². The first-order valence-corrected chi connectivity index (χ1v) is 8.63. The number of nitrogens with one attached hydrogen (secondary N) is 1.